The van der Waals surface area contributed by atoms with Gasteiger partial charge in [-0.05, 0) is 12.1 Å². The van der Waals surface area contributed by atoms with Gasteiger partial charge in [0.15, 0.2) is 5.65 Å². The number of nitrogens with zero attached hydrogens (tertiary/aromatic N) is 3. The molecule has 15 heavy (non-hydrogen) atoms. The predicted molar refractivity (Wildman–Crippen MR) is 52.6 cm³/mol. The van der Waals surface area contributed by atoms with Crippen LogP contribution in [0, 0.1) is 0 Å². The maximum absolute atomic E-state index is 9.67. The molecule has 0 amide bonds. The van der Waals surface area contributed by atoms with Crippen LogP contribution < -0.4 is 0 Å². The third-order valence-corrected chi connectivity index (χ3v) is 2.60. The zero-order valence-corrected chi connectivity index (χ0v) is 8.48. The summed E-state index contributed by atoms with van der Waals surface area (Å²) in [7, 11) is 0. The van der Waals surface area contributed by atoms with Gasteiger partial charge in [0, 0.05) is 0 Å². The van der Waals surface area contributed by atoms with Gasteiger partial charge in [-0.2, -0.15) is 5.10 Å². The quantitative estimate of drug-likeness (QED) is 0.725. The predicted octanol–water partition coefficient (Wildman–Crippen LogP) is 0.946. The van der Waals surface area contributed by atoms with Crippen molar-refractivity contribution < 1.29 is 9.84 Å². The van der Waals surface area contributed by atoms with Crippen molar-refractivity contribution in [1.82, 2.24) is 14.6 Å². The number of hydrogen-bond acceptors (Lipinski definition) is 4. The van der Waals surface area contributed by atoms with E-state index in [2.05, 4.69) is 10.1 Å². The van der Waals surface area contributed by atoms with Crippen LogP contribution in [0.15, 0.2) is 12.1 Å². The Hall–Kier alpha value is -1.17. The van der Waals surface area contributed by atoms with E-state index in [-0.39, 0.29) is 6.61 Å². The second kappa shape index (κ2) is 3.16. The summed E-state index contributed by atoms with van der Waals surface area (Å²) in [5.74, 6) is 0. The molecule has 1 aliphatic rings. The molecule has 0 aromatic carbocycles. The molecule has 0 saturated carbocycles. The Morgan fingerprint density at radius 3 is 3.27 bits per heavy atom. The monoisotopic (exact) mass is 225 g/mol. The molecule has 1 aliphatic heterocycles. The SMILES string of the molecule is OC1COCc2c1nc1ccc(Cl)nn21. The molecule has 0 bridgehead atoms. The molecule has 0 fully saturated rings. The molecule has 3 heterocycles. The van der Waals surface area contributed by atoms with E-state index in [1.54, 1.807) is 16.6 Å². The lowest BCUT2D eigenvalue weighted by Gasteiger charge is -2.16. The summed E-state index contributed by atoms with van der Waals surface area (Å²) >= 11 is 5.79. The van der Waals surface area contributed by atoms with Crippen molar-refractivity contribution in [3.63, 3.8) is 0 Å². The maximum Gasteiger partial charge on any atom is 0.154 e. The number of imidazole rings is 1. The van der Waals surface area contributed by atoms with Gasteiger partial charge in [0.05, 0.1) is 24.6 Å². The summed E-state index contributed by atoms with van der Waals surface area (Å²) in [5, 5.41) is 14.2. The lowest BCUT2D eigenvalue weighted by Crippen LogP contribution is -2.17. The highest BCUT2D eigenvalue weighted by atomic mass is 35.5. The van der Waals surface area contributed by atoms with Crippen molar-refractivity contribution in [3.8, 4) is 0 Å². The summed E-state index contributed by atoms with van der Waals surface area (Å²) < 4.78 is 6.83. The normalized spacial score (nSPS) is 20.5. The molecule has 0 saturated heterocycles. The standard InChI is InChI=1S/C9H8ClN3O2/c10-7-1-2-8-11-9-5(13(8)12-7)3-15-4-6(9)14/h1-2,6,14H,3-4H2. The number of halogens is 1. The van der Waals surface area contributed by atoms with Crippen LogP contribution in [-0.4, -0.2) is 26.3 Å². The minimum absolute atomic E-state index is 0.282. The van der Waals surface area contributed by atoms with E-state index in [4.69, 9.17) is 16.3 Å². The molecule has 78 valence electrons. The number of aliphatic hydroxyl groups excluding tert-OH is 1. The second-order valence-corrected chi connectivity index (χ2v) is 3.79. The second-order valence-electron chi connectivity index (χ2n) is 3.40. The number of aliphatic hydroxyl groups is 1. The van der Waals surface area contributed by atoms with Crippen LogP contribution in [0.1, 0.15) is 17.5 Å². The van der Waals surface area contributed by atoms with E-state index in [1.165, 1.54) is 0 Å². The molecule has 6 heteroatoms. The van der Waals surface area contributed by atoms with E-state index in [0.29, 0.717) is 23.1 Å². The van der Waals surface area contributed by atoms with Crippen LogP contribution in [0.3, 0.4) is 0 Å². The topological polar surface area (TPSA) is 59.7 Å². The van der Waals surface area contributed by atoms with Crippen molar-refractivity contribution in [2.75, 3.05) is 6.61 Å². The number of hydrogen-bond donors (Lipinski definition) is 1. The largest absolute Gasteiger partial charge is 0.384 e. The van der Waals surface area contributed by atoms with Crippen LogP contribution in [0.2, 0.25) is 5.15 Å². The first-order valence-corrected chi connectivity index (χ1v) is 4.93. The van der Waals surface area contributed by atoms with Gasteiger partial charge >= 0.3 is 0 Å². The van der Waals surface area contributed by atoms with Gasteiger partial charge in [0.2, 0.25) is 0 Å². The zero-order valence-electron chi connectivity index (χ0n) is 7.72. The molecule has 0 spiro atoms. The Bertz CT molecular complexity index is 525. The Morgan fingerprint density at radius 1 is 1.53 bits per heavy atom. The van der Waals surface area contributed by atoms with Crippen LogP contribution in [0.5, 0.6) is 0 Å². The molecule has 1 unspecified atom stereocenters. The summed E-state index contributed by atoms with van der Waals surface area (Å²) in [6, 6.07) is 3.43. The van der Waals surface area contributed by atoms with Gasteiger partial charge in [-0.3, -0.25) is 0 Å². The van der Waals surface area contributed by atoms with Crippen LogP contribution in [0.4, 0.5) is 0 Å². The molecule has 0 aliphatic carbocycles. The van der Waals surface area contributed by atoms with Gasteiger partial charge in [0.1, 0.15) is 11.3 Å². The van der Waals surface area contributed by atoms with Gasteiger partial charge in [-0.1, -0.05) is 11.6 Å². The number of rotatable bonds is 0. The lowest BCUT2D eigenvalue weighted by atomic mass is 10.2. The summed E-state index contributed by atoms with van der Waals surface area (Å²) in [5.41, 5.74) is 2.08. The minimum Gasteiger partial charge on any atom is -0.384 e. The van der Waals surface area contributed by atoms with Gasteiger partial charge in [0.25, 0.3) is 0 Å². The molecule has 0 radical (unpaired) electrons. The molecular formula is C9H8ClN3O2. The van der Waals surface area contributed by atoms with E-state index < -0.39 is 6.10 Å². The summed E-state index contributed by atoms with van der Waals surface area (Å²) in [4.78, 5) is 4.29. The van der Waals surface area contributed by atoms with Crippen LogP contribution in [-0.2, 0) is 11.3 Å². The van der Waals surface area contributed by atoms with Crippen molar-refractivity contribution in [1.29, 1.82) is 0 Å². The molecule has 3 rings (SSSR count). The molecule has 5 nitrogen and oxygen atoms in total. The Balaban J connectivity index is 2.31. The highest BCUT2D eigenvalue weighted by Gasteiger charge is 2.24. The summed E-state index contributed by atoms with van der Waals surface area (Å²) in [6.45, 7) is 0.686. The van der Waals surface area contributed by atoms with Crippen molar-refractivity contribution in [2.45, 2.75) is 12.7 Å². The zero-order chi connectivity index (χ0) is 10.4. The fraction of sp³-hybridized carbons (Fsp3) is 0.333. The van der Waals surface area contributed by atoms with Gasteiger partial charge in [-0.25, -0.2) is 9.50 Å². The molecule has 2 aromatic heterocycles. The van der Waals surface area contributed by atoms with E-state index in [1.807, 2.05) is 0 Å². The van der Waals surface area contributed by atoms with Crippen LogP contribution >= 0.6 is 11.6 Å². The Labute approximate surface area is 90.3 Å². The number of ether oxygens (including phenoxy) is 1. The maximum atomic E-state index is 9.67. The third-order valence-electron chi connectivity index (χ3n) is 2.40. The van der Waals surface area contributed by atoms with Gasteiger partial charge in [-0.15, -0.1) is 0 Å². The van der Waals surface area contributed by atoms with E-state index in [0.717, 1.165) is 5.69 Å². The first kappa shape index (κ1) is 9.08. The van der Waals surface area contributed by atoms with E-state index in [9.17, 15) is 5.11 Å². The third kappa shape index (κ3) is 1.31. The average Bonchev–Trinajstić information content (AvgIpc) is 2.58. The number of aromatic nitrogens is 3. The molecular weight excluding hydrogens is 218 g/mol. The molecule has 2 aromatic rings. The van der Waals surface area contributed by atoms with Crippen molar-refractivity contribution in [3.05, 3.63) is 28.7 Å². The van der Waals surface area contributed by atoms with E-state index >= 15 is 0 Å². The fourth-order valence-corrected chi connectivity index (χ4v) is 1.86. The first-order chi connectivity index (χ1) is 7.25. The molecule has 1 N–H and O–H groups in total. The fourth-order valence-electron chi connectivity index (χ4n) is 1.72. The van der Waals surface area contributed by atoms with Crippen molar-refractivity contribution >= 4 is 17.2 Å². The Morgan fingerprint density at radius 2 is 2.40 bits per heavy atom. The smallest absolute Gasteiger partial charge is 0.154 e. The summed E-state index contributed by atoms with van der Waals surface area (Å²) in [6.07, 6.45) is -0.672. The first-order valence-electron chi connectivity index (χ1n) is 4.55. The Kier molecular flexibility index (Phi) is 1.92. The highest BCUT2D eigenvalue weighted by Crippen LogP contribution is 2.24. The average molecular weight is 226 g/mol. The minimum atomic E-state index is -0.672. The van der Waals surface area contributed by atoms with Gasteiger partial charge < -0.3 is 9.84 Å². The lowest BCUT2D eigenvalue weighted by molar-refractivity contribution is 0.00540. The number of fused-ring (bicyclic) bond motifs is 3. The molecule has 1 atom stereocenters. The van der Waals surface area contributed by atoms with Crippen LogP contribution in [0.25, 0.3) is 5.65 Å². The highest BCUT2D eigenvalue weighted by molar-refractivity contribution is 6.29. The van der Waals surface area contributed by atoms with Crippen molar-refractivity contribution in [2.24, 2.45) is 0 Å².